The molecule has 0 aliphatic carbocycles. The van der Waals surface area contributed by atoms with E-state index in [1.54, 1.807) is 37.4 Å². The average Bonchev–Trinajstić information content (AvgIpc) is 2.72. The Morgan fingerprint density at radius 1 is 0.966 bits per heavy atom. The summed E-state index contributed by atoms with van der Waals surface area (Å²) in [7, 11) is 0. The molecule has 0 saturated carbocycles. The van der Waals surface area contributed by atoms with Crippen LogP contribution in [0.2, 0.25) is 0 Å². The number of hydrogen-bond acceptors (Lipinski definition) is 3. The van der Waals surface area contributed by atoms with Gasteiger partial charge >= 0.3 is 0 Å². The second kappa shape index (κ2) is 9.43. The summed E-state index contributed by atoms with van der Waals surface area (Å²) in [4.78, 5) is 4.46. The monoisotopic (exact) mass is 395 g/mol. The predicted octanol–water partition coefficient (Wildman–Crippen LogP) is 5.96. The molecule has 0 fully saturated rings. The quantitative estimate of drug-likeness (QED) is 0.485. The summed E-state index contributed by atoms with van der Waals surface area (Å²) in [6.45, 7) is 1.79. The molecule has 150 valence electrons. The van der Waals surface area contributed by atoms with Gasteiger partial charge in [0.1, 0.15) is 0 Å². The van der Waals surface area contributed by atoms with E-state index in [2.05, 4.69) is 11.1 Å². The van der Waals surface area contributed by atoms with Crippen LogP contribution in [0, 0.1) is 11.6 Å². The van der Waals surface area contributed by atoms with Gasteiger partial charge in [0.15, 0.2) is 11.6 Å². The molecule has 0 aliphatic rings. The number of hydrogen-bond donors (Lipinski definition) is 2. The van der Waals surface area contributed by atoms with Crippen LogP contribution in [0.1, 0.15) is 31.7 Å². The molecule has 5 heteroatoms. The molecule has 0 amide bonds. The maximum absolute atomic E-state index is 14.0. The number of aromatic nitrogens is 1. The highest BCUT2D eigenvalue weighted by atomic mass is 19.2. The fraction of sp³-hybridized carbons (Fsp3) is 0.208. The number of aliphatic hydroxyl groups is 1. The average molecular weight is 395 g/mol. The number of aromatic hydroxyl groups is 1. The Bertz CT molecular complexity index is 981. The predicted molar refractivity (Wildman–Crippen MR) is 111 cm³/mol. The van der Waals surface area contributed by atoms with E-state index >= 15 is 0 Å². The molecule has 1 heterocycles. The molecule has 3 aromatic rings. The maximum atomic E-state index is 14.0. The molecule has 1 unspecified atom stereocenters. The van der Waals surface area contributed by atoms with Crippen LogP contribution in [0.3, 0.4) is 0 Å². The van der Waals surface area contributed by atoms with Gasteiger partial charge in [0, 0.05) is 17.3 Å². The molecule has 1 aromatic heterocycles. The fourth-order valence-electron chi connectivity index (χ4n) is 3.01. The number of pyridine rings is 1. The van der Waals surface area contributed by atoms with Gasteiger partial charge in [-0.2, -0.15) is 4.39 Å². The molecule has 0 spiro atoms. The van der Waals surface area contributed by atoms with E-state index in [-0.39, 0.29) is 11.7 Å². The Morgan fingerprint density at radius 2 is 1.69 bits per heavy atom. The zero-order valence-electron chi connectivity index (χ0n) is 16.1. The number of unbranched alkanes of at least 4 members (excludes halogenated alkanes) is 1. The lowest BCUT2D eigenvalue weighted by Gasteiger charge is -2.07. The van der Waals surface area contributed by atoms with Crippen LogP contribution in [-0.4, -0.2) is 21.3 Å². The Labute approximate surface area is 169 Å². The third-order valence-electron chi connectivity index (χ3n) is 4.64. The van der Waals surface area contributed by atoms with E-state index in [0.29, 0.717) is 5.56 Å². The van der Waals surface area contributed by atoms with Crippen molar-refractivity contribution in [3.8, 4) is 28.1 Å². The van der Waals surface area contributed by atoms with E-state index < -0.39 is 17.4 Å². The number of phenolic OH excluding ortho intramolecular Hbond substituents is 1. The summed E-state index contributed by atoms with van der Waals surface area (Å²) in [5, 5.41) is 18.5. The second-order valence-electron chi connectivity index (χ2n) is 7.00. The van der Waals surface area contributed by atoms with Crippen molar-refractivity contribution in [1.29, 1.82) is 0 Å². The Kier molecular flexibility index (Phi) is 6.73. The van der Waals surface area contributed by atoms with Crippen LogP contribution in [0.5, 0.6) is 5.75 Å². The van der Waals surface area contributed by atoms with E-state index in [4.69, 9.17) is 0 Å². The standard InChI is InChI=1S/C24H23F2NO2/c1-16(28)5-3-2-4-6-17-7-13-21(27-15-17)19-10-8-18(9-11-19)20-12-14-22(29)24(26)23(20)25/h4,6-16,28-29H,2-3,5H2,1H3/b6-4+. The van der Waals surface area contributed by atoms with E-state index in [1.807, 2.05) is 18.2 Å². The molecule has 2 aromatic carbocycles. The zero-order valence-corrected chi connectivity index (χ0v) is 16.1. The number of phenols is 1. The highest BCUT2D eigenvalue weighted by Crippen LogP contribution is 2.30. The lowest BCUT2D eigenvalue weighted by Crippen LogP contribution is -1.97. The van der Waals surface area contributed by atoms with E-state index in [9.17, 15) is 19.0 Å². The van der Waals surface area contributed by atoms with Gasteiger partial charge < -0.3 is 10.2 Å². The normalized spacial score (nSPS) is 12.4. The topological polar surface area (TPSA) is 53.4 Å². The van der Waals surface area contributed by atoms with Crippen LogP contribution in [-0.2, 0) is 0 Å². The van der Waals surface area contributed by atoms with Gasteiger partial charge in [-0.25, -0.2) is 4.39 Å². The van der Waals surface area contributed by atoms with Crippen molar-refractivity contribution in [3.63, 3.8) is 0 Å². The molecular formula is C24H23F2NO2. The van der Waals surface area contributed by atoms with Crippen LogP contribution in [0.15, 0.2) is 60.8 Å². The molecule has 29 heavy (non-hydrogen) atoms. The first kappa shape index (κ1) is 20.7. The molecule has 3 nitrogen and oxygen atoms in total. The summed E-state index contributed by atoms with van der Waals surface area (Å²) < 4.78 is 27.6. The van der Waals surface area contributed by atoms with Crippen molar-refractivity contribution in [2.75, 3.05) is 0 Å². The van der Waals surface area contributed by atoms with Gasteiger partial charge in [0.25, 0.3) is 0 Å². The van der Waals surface area contributed by atoms with Gasteiger partial charge in [0.2, 0.25) is 5.82 Å². The van der Waals surface area contributed by atoms with E-state index in [0.717, 1.165) is 42.1 Å². The largest absolute Gasteiger partial charge is 0.505 e. The second-order valence-corrected chi connectivity index (χ2v) is 7.00. The molecule has 0 saturated heterocycles. The minimum absolute atomic E-state index is 0.0934. The van der Waals surface area contributed by atoms with Crippen LogP contribution in [0.25, 0.3) is 28.5 Å². The summed E-state index contributed by atoms with van der Waals surface area (Å²) in [6.07, 6.45) is 8.23. The molecule has 3 rings (SSSR count). The van der Waals surface area contributed by atoms with E-state index in [1.165, 1.54) is 6.07 Å². The van der Waals surface area contributed by atoms with Gasteiger partial charge in [0.05, 0.1) is 11.8 Å². The number of rotatable bonds is 7. The number of allylic oxidation sites excluding steroid dienone is 1. The maximum Gasteiger partial charge on any atom is 0.200 e. The fourth-order valence-corrected chi connectivity index (χ4v) is 3.01. The first-order valence-corrected chi connectivity index (χ1v) is 9.54. The first-order chi connectivity index (χ1) is 14.0. The Hall–Kier alpha value is -3.05. The third-order valence-corrected chi connectivity index (χ3v) is 4.64. The van der Waals surface area contributed by atoms with Crippen molar-refractivity contribution >= 4 is 6.08 Å². The summed E-state index contributed by atoms with van der Waals surface area (Å²) in [6, 6.07) is 13.4. The van der Waals surface area contributed by atoms with Crippen molar-refractivity contribution in [3.05, 3.63) is 78.0 Å². The summed E-state index contributed by atoms with van der Waals surface area (Å²) in [5.41, 5.74) is 3.24. The van der Waals surface area contributed by atoms with Crippen molar-refractivity contribution in [2.24, 2.45) is 0 Å². The number of aliphatic hydroxyl groups excluding tert-OH is 1. The summed E-state index contributed by atoms with van der Waals surface area (Å²) >= 11 is 0. The molecule has 1 atom stereocenters. The third kappa shape index (κ3) is 5.27. The summed E-state index contributed by atoms with van der Waals surface area (Å²) in [5.74, 6) is -3.02. The van der Waals surface area contributed by atoms with Crippen LogP contribution in [0.4, 0.5) is 8.78 Å². The number of nitrogens with zero attached hydrogens (tertiary/aromatic N) is 1. The number of benzene rings is 2. The van der Waals surface area contributed by atoms with Crippen LogP contribution < -0.4 is 0 Å². The minimum atomic E-state index is -1.25. The highest BCUT2D eigenvalue weighted by molar-refractivity contribution is 5.70. The smallest absolute Gasteiger partial charge is 0.200 e. The Balaban J connectivity index is 1.69. The van der Waals surface area contributed by atoms with Gasteiger partial charge in [-0.3, -0.25) is 4.98 Å². The molecule has 0 aliphatic heterocycles. The lowest BCUT2D eigenvalue weighted by atomic mass is 10.0. The molecular weight excluding hydrogens is 372 g/mol. The van der Waals surface area contributed by atoms with Gasteiger partial charge in [-0.1, -0.05) is 42.5 Å². The minimum Gasteiger partial charge on any atom is -0.505 e. The SMILES string of the molecule is CC(O)CCC/C=C/c1ccc(-c2ccc(-c3ccc(O)c(F)c3F)cc2)nc1. The highest BCUT2D eigenvalue weighted by Gasteiger charge is 2.14. The van der Waals surface area contributed by atoms with Crippen molar-refractivity contribution in [1.82, 2.24) is 4.98 Å². The Morgan fingerprint density at radius 3 is 2.34 bits per heavy atom. The zero-order chi connectivity index (χ0) is 20.8. The van der Waals surface area contributed by atoms with Crippen LogP contribution >= 0.6 is 0 Å². The number of halogens is 2. The van der Waals surface area contributed by atoms with Gasteiger partial charge in [-0.05, 0) is 55.5 Å². The lowest BCUT2D eigenvalue weighted by molar-refractivity contribution is 0.182. The van der Waals surface area contributed by atoms with Gasteiger partial charge in [-0.15, -0.1) is 0 Å². The molecule has 0 bridgehead atoms. The first-order valence-electron chi connectivity index (χ1n) is 9.54. The van der Waals surface area contributed by atoms with Crippen molar-refractivity contribution in [2.45, 2.75) is 32.3 Å². The molecule has 2 N–H and O–H groups in total. The molecule has 0 radical (unpaired) electrons. The van der Waals surface area contributed by atoms with Crippen molar-refractivity contribution < 1.29 is 19.0 Å².